The number of thiophene rings is 1. The van der Waals surface area contributed by atoms with E-state index < -0.39 is 10.0 Å². The zero-order valence-electron chi connectivity index (χ0n) is 13.3. The Hall–Kier alpha value is -0.430. The topological polar surface area (TPSA) is 58.2 Å². The molecule has 21 heavy (non-hydrogen) atoms. The molecular weight excluding hydrogens is 304 g/mol. The van der Waals surface area contributed by atoms with E-state index in [1.54, 1.807) is 6.07 Å². The first-order valence-electron chi connectivity index (χ1n) is 7.76. The molecule has 0 amide bonds. The van der Waals surface area contributed by atoms with E-state index in [0.717, 1.165) is 43.5 Å². The van der Waals surface area contributed by atoms with Gasteiger partial charge >= 0.3 is 0 Å². The average Bonchev–Trinajstić information content (AvgIpc) is 2.95. The van der Waals surface area contributed by atoms with Gasteiger partial charge in [0.25, 0.3) is 0 Å². The van der Waals surface area contributed by atoms with Gasteiger partial charge in [0.2, 0.25) is 10.0 Å². The maximum absolute atomic E-state index is 12.3. The van der Waals surface area contributed by atoms with E-state index in [9.17, 15) is 8.42 Å². The SMILES string of the molecule is CCCCC(CC)CNS(=O)(=O)c1ccc(CCNC)s1. The Morgan fingerprint density at radius 3 is 2.67 bits per heavy atom. The summed E-state index contributed by atoms with van der Waals surface area (Å²) in [4.78, 5) is 1.10. The molecular formula is C15H28N2O2S2. The Morgan fingerprint density at radius 1 is 1.29 bits per heavy atom. The Bertz CT molecular complexity index is 498. The van der Waals surface area contributed by atoms with Gasteiger partial charge in [-0.2, -0.15) is 0 Å². The molecule has 1 atom stereocenters. The zero-order valence-corrected chi connectivity index (χ0v) is 14.9. The highest BCUT2D eigenvalue weighted by molar-refractivity contribution is 7.91. The minimum Gasteiger partial charge on any atom is -0.319 e. The Balaban J connectivity index is 2.57. The predicted molar refractivity (Wildman–Crippen MR) is 90.4 cm³/mol. The van der Waals surface area contributed by atoms with Crippen molar-refractivity contribution in [3.05, 3.63) is 17.0 Å². The zero-order chi connectivity index (χ0) is 15.7. The summed E-state index contributed by atoms with van der Waals surface area (Å²) in [6.07, 6.45) is 5.29. The second kappa shape index (κ2) is 9.56. The lowest BCUT2D eigenvalue weighted by molar-refractivity contribution is 0.444. The predicted octanol–water partition coefficient (Wildman–Crippen LogP) is 3.00. The molecule has 0 aliphatic carbocycles. The molecule has 0 bridgehead atoms. The number of hydrogen-bond donors (Lipinski definition) is 2. The molecule has 0 saturated heterocycles. The molecule has 0 saturated carbocycles. The van der Waals surface area contributed by atoms with E-state index in [0.29, 0.717) is 16.7 Å². The van der Waals surface area contributed by atoms with Crippen molar-refractivity contribution in [2.75, 3.05) is 20.1 Å². The minimum absolute atomic E-state index is 0.430. The van der Waals surface area contributed by atoms with Gasteiger partial charge in [0, 0.05) is 11.4 Å². The highest BCUT2D eigenvalue weighted by atomic mass is 32.2. The normalized spacial score (nSPS) is 13.5. The molecule has 1 aromatic heterocycles. The van der Waals surface area contributed by atoms with Crippen LogP contribution >= 0.6 is 11.3 Å². The molecule has 0 aliphatic rings. The second-order valence-corrected chi connectivity index (χ2v) is 8.50. The molecule has 1 rings (SSSR count). The summed E-state index contributed by atoms with van der Waals surface area (Å²) >= 11 is 1.37. The molecule has 1 unspecified atom stereocenters. The Morgan fingerprint density at radius 2 is 2.05 bits per heavy atom. The summed E-state index contributed by atoms with van der Waals surface area (Å²) < 4.78 is 27.8. The largest absolute Gasteiger partial charge is 0.319 e. The fourth-order valence-electron chi connectivity index (χ4n) is 2.13. The quantitative estimate of drug-likeness (QED) is 0.655. The summed E-state index contributed by atoms with van der Waals surface area (Å²) in [6.45, 7) is 5.69. The average molecular weight is 333 g/mol. The second-order valence-electron chi connectivity index (χ2n) is 5.34. The van der Waals surface area contributed by atoms with Crippen molar-refractivity contribution < 1.29 is 8.42 Å². The Labute approximate surface area is 133 Å². The lowest BCUT2D eigenvalue weighted by Gasteiger charge is -2.14. The van der Waals surface area contributed by atoms with Crippen LogP contribution in [0.5, 0.6) is 0 Å². The lowest BCUT2D eigenvalue weighted by Crippen LogP contribution is -2.28. The summed E-state index contributed by atoms with van der Waals surface area (Å²) in [5, 5.41) is 3.07. The summed E-state index contributed by atoms with van der Waals surface area (Å²) in [5.41, 5.74) is 0. The molecule has 0 aromatic carbocycles. The van der Waals surface area contributed by atoms with Gasteiger partial charge in [0.15, 0.2) is 0 Å². The van der Waals surface area contributed by atoms with E-state index in [-0.39, 0.29) is 0 Å². The third kappa shape index (κ3) is 6.46. The van der Waals surface area contributed by atoms with Crippen LogP contribution in [0.1, 0.15) is 44.4 Å². The highest BCUT2D eigenvalue weighted by Crippen LogP contribution is 2.22. The van der Waals surface area contributed by atoms with E-state index in [1.165, 1.54) is 11.3 Å². The first kappa shape index (κ1) is 18.6. The van der Waals surface area contributed by atoms with Gasteiger partial charge in [-0.25, -0.2) is 13.1 Å². The van der Waals surface area contributed by atoms with Crippen molar-refractivity contribution in [3.63, 3.8) is 0 Å². The van der Waals surface area contributed by atoms with Gasteiger partial charge in [0.05, 0.1) is 0 Å². The first-order chi connectivity index (χ1) is 10.0. The fourth-order valence-corrected chi connectivity index (χ4v) is 4.64. The third-order valence-electron chi connectivity index (χ3n) is 3.63. The van der Waals surface area contributed by atoms with Gasteiger partial charge in [-0.3, -0.25) is 0 Å². The van der Waals surface area contributed by atoms with Crippen molar-refractivity contribution in [1.29, 1.82) is 0 Å². The van der Waals surface area contributed by atoms with Crippen LogP contribution in [0, 0.1) is 5.92 Å². The fraction of sp³-hybridized carbons (Fsp3) is 0.733. The molecule has 0 spiro atoms. The molecule has 0 aliphatic heterocycles. The van der Waals surface area contributed by atoms with Crippen LogP contribution in [0.15, 0.2) is 16.3 Å². The Kier molecular flexibility index (Phi) is 8.48. The van der Waals surface area contributed by atoms with Crippen molar-refractivity contribution in [2.45, 2.75) is 50.2 Å². The van der Waals surface area contributed by atoms with Gasteiger partial charge < -0.3 is 5.32 Å². The first-order valence-corrected chi connectivity index (χ1v) is 10.1. The van der Waals surface area contributed by atoms with Crippen LogP contribution in [0.25, 0.3) is 0 Å². The molecule has 4 nitrogen and oxygen atoms in total. The van der Waals surface area contributed by atoms with E-state index in [1.807, 2.05) is 13.1 Å². The van der Waals surface area contributed by atoms with Crippen LogP contribution in [-0.2, 0) is 16.4 Å². The van der Waals surface area contributed by atoms with E-state index in [2.05, 4.69) is 23.9 Å². The van der Waals surface area contributed by atoms with Gasteiger partial charge in [0.1, 0.15) is 4.21 Å². The van der Waals surface area contributed by atoms with Gasteiger partial charge in [-0.15, -0.1) is 11.3 Å². The molecule has 2 N–H and O–H groups in total. The van der Waals surface area contributed by atoms with Crippen molar-refractivity contribution >= 4 is 21.4 Å². The molecule has 1 heterocycles. The summed E-state index contributed by atoms with van der Waals surface area (Å²) in [5.74, 6) is 0.434. The van der Waals surface area contributed by atoms with Crippen molar-refractivity contribution in [3.8, 4) is 0 Å². The number of rotatable bonds is 11. The number of sulfonamides is 1. The lowest BCUT2D eigenvalue weighted by atomic mass is 10.00. The van der Waals surface area contributed by atoms with Crippen LogP contribution in [-0.4, -0.2) is 28.6 Å². The smallest absolute Gasteiger partial charge is 0.250 e. The molecule has 0 fully saturated rings. The van der Waals surface area contributed by atoms with E-state index >= 15 is 0 Å². The van der Waals surface area contributed by atoms with Crippen molar-refractivity contribution in [2.24, 2.45) is 5.92 Å². The van der Waals surface area contributed by atoms with Gasteiger partial charge in [-0.05, 0) is 44.5 Å². The standard InChI is InChI=1S/C15H28N2O2S2/c1-4-6-7-13(5-2)12-17-21(18,19)15-9-8-14(20-15)10-11-16-3/h8-9,13,16-17H,4-7,10-12H2,1-3H3. The maximum Gasteiger partial charge on any atom is 0.250 e. The minimum atomic E-state index is -3.35. The molecule has 122 valence electrons. The molecule has 6 heteroatoms. The summed E-state index contributed by atoms with van der Waals surface area (Å²) in [6, 6.07) is 3.62. The van der Waals surface area contributed by atoms with Crippen LogP contribution in [0.2, 0.25) is 0 Å². The monoisotopic (exact) mass is 332 g/mol. The number of nitrogens with one attached hydrogen (secondary N) is 2. The number of hydrogen-bond acceptors (Lipinski definition) is 4. The number of likely N-dealkylation sites (N-methyl/N-ethyl adjacent to an activating group) is 1. The maximum atomic E-state index is 12.3. The third-order valence-corrected chi connectivity index (χ3v) is 6.69. The van der Waals surface area contributed by atoms with E-state index in [4.69, 9.17) is 0 Å². The van der Waals surface area contributed by atoms with Crippen LogP contribution < -0.4 is 10.0 Å². The number of unbranched alkanes of at least 4 members (excludes halogenated alkanes) is 1. The van der Waals surface area contributed by atoms with Gasteiger partial charge in [-0.1, -0.05) is 33.1 Å². The molecule has 1 aromatic rings. The summed E-state index contributed by atoms with van der Waals surface area (Å²) in [7, 11) is -1.45. The highest BCUT2D eigenvalue weighted by Gasteiger charge is 2.18. The van der Waals surface area contributed by atoms with Crippen LogP contribution in [0.3, 0.4) is 0 Å². The van der Waals surface area contributed by atoms with Crippen molar-refractivity contribution in [1.82, 2.24) is 10.0 Å². The molecule has 0 radical (unpaired) electrons. The van der Waals surface area contributed by atoms with Crippen LogP contribution in [0.4, 0.5) is 0 Å².